The Morgan fingerprint density at radius 2 is 1.81 bits per heavy atom. The van der Waals surface area contributed by atoms with Crippen LogP contribution < -0.4 is 0 Å². The van der Waals surface area contributed by atoms with E-state index in [2.05, 4.69) is 18.7 Å². The highest BCUT2D eigenvalue weighted by Gasteiger charge is 2.25. The van der Waals surface area contributed by atoms with E-state index in [4.69, 9.17) is 0 Å². The van der Waals surface area contributed by atoms with E-state index in [0.29, 0.717) is 6.04 Å². The highest BCUT2D eigenvalue weighted by atomic mass is 16.3. The van der Waals surface area contributed by atoms with Crippen molar-refractivity contribution in [2.75, 3.05) is 26.2 Å². The molecule has 0 spiro atoms. The third-order valence-corrected chi connectivity index (χ3v) is 3.31. The number of amides is 1. The van der Waals surface area contributed by atoms with Crippen molar-refractivity contribution in [1.82, 2.24) is 9.80 Å². The molecule has 1 aliphatic rings. The molecule has 4 heteroatoms. The Morgan fingerprint density at radius 3 is 2.25 bits per heavy atom. The van der Waals surface area contributed by atoms with Crippen LogP contribution in [0, 0.1) is 0 Å². The molecule has 0 radical (unpaired) electrons. The molecule has 1 aliphatic heterocycles. The van der Waals surface area contributed by atoms with Crippen molar-refractivity contribution in [3.8, 4) is 0 Å². The van der Waals surface area contributed by atoms with Crippen LogP contribution in [0.1, 0.15) is 33.6 Å². The number of hydrogen-bond acceptors (Lipinski definition) is 3. The summed E-state index contributed by atoms with van der Waals surface area (Å²) >= 11 is 0. The van der Waals surface area contributed by atoms with E-state index in [1.54, 1.807) is 4.90 Å². The van der Waals surface area contributed by atoms with E-state index in [-0.39, 0.29) is 5.91 Å². The van der Waals surface area contributed by atoms with Gasteiger partial charge in [-0.1, -0.05) is 13.3 Å². The molecular formula is C12H24N2O2. The molecule has 0 bridgehead atoms. The molecule has 0 aromatic carbocycles. The minimum absolute atomic E-state index is 0.136. The van der Waals surface area contributed by atoms with Gasteiger partial charge in [-0.3, -0.25) is 9.69 Å². The molecule has 0 unspecified atom stereocenters. The molecule has 2 atom stereocenters. The first-order valence-electron chi connectivity index (χ1n) is 6.27. The monoisotopic (exact) mass is 228 g/mol. The number of nitrogens with zero attached hydrogens (tertiary/aromatic N) is 2. The predicted molar refractivity (Wildman–Crippen MR) is 64.2 cm³/mol. The van der Waals surface area contributed by atoms with Crippen molar-refractivity contribution in [3.63, 3.8) is 0 Å². The highest BCUT2D eigenvalue weighted by molar-refractivity contribution is 5.80. The van der Waals surface area contributed by atoms with Crippen molar-refractivity contribution in [2.24, 2.45) is 0 Å². The van der Waals surface area contributed by atoms with Gasteiger partial charge in [0, 0.05) is 32.2 Å². The normalized spacial score (nSPS) is 21.9. The summed E-state index contributed by atoms with van der Waals surface area (Å²) in [5.74, 6) is -0.136. The fourth-order valence-electron chi connectivity index (χ4n) is 2.25. The number of piperazine rings is 1. The zero-order chi connectivity index (χ0) is 12.1. The fraction of sp³-hybridized carbons (Fsp3) is 0.917. The molecule has 0 aromatic heterocycles. The van der Waals surface area contributed by atoms with Crippen LogP contribution in [0.4, 0.5) is 0 Å². The summed E-state index contributed by atoms with van der Waals surface area (Å²) in [6.45, 7) is 9.34. The number of carbonyl (C=O) groups excluding carboxylic acids is 1. The molecule has 94 valence electrons. The van der Waals surface area contributed by atoms with Gasteiger partial charge >= 0.3 is 0 Å². The van der Waals surface area contributed by atoms with Crippen molar-refractivity contribution in [1.29, 1.82) is 0 Å². The molecule has 4 nitrogen and oxygen atoms in total. The van der Waals surface area contributed by atoms with E-state index >= 15 is 0 Å². The van der Waals surface area contributed by atoms with Gasteiger partial charge in [-0.15, -0.1) is 0 Å². The summed E-state index contributed by atoms with van der Waals surface area (Å²) in [5, 5.41) is 9.23. The standard InChI is InChI=1S/C12H24N2O2/c1-4-5-10(2)13-6-8-14(9-7-13)12(16)11(3)15/h10-11,15H,4-9H2,1-3H3/t10-,11+/m0/s1. The van der Waals surface area contributed by atoms with Crippen molar-refractivity contribution in [2.45, 2.75) is 45.8 Å². The molecule has 0 aliphatic carbocycles. The van der Waals surface area contributed by atoms with Crippen LogP contribution in [0.5, 0.6) is 0 Å². The third kappa shape index (κ3) is 3.46. The summed E-state index contributed by atoms with van der Waals surface area (Å²) in [7, 11) is 0. The minimum atomic E-state index is -0.861. The van der Waals surface area contributed by atoms with E-state index in [9.17, 15) is 9.90 Å². The second-order valence-corrected chi connectivity index (χ2v) is 4.67. The van der Waals surface area contributed by atoms with Crippen LogP contribution in [0.25, 0.3) is 0 Å². The molecule has 1 rings (SSSR count). The van der Waals surface area contributed by atoms with Crippen molar-refractivity contribution < 1.29 is 9.90 Å². The summed E-state index contributed by atoms with van der Waals surface area (Å²) in [5.41, 5.74) is 0. The van der Waals surface area contributed by atoms with Gasteiger partial charge in [0.25, 0.3) is 5.91 Å². The first-order valence-corrected chi connectivity index (χ1v) is 6.27. The van der Waals surface area contributed by atoms with E-state index in [1.807, 2.05) is 0 Å². The fourth-order valence-corrected chi connectivity index (χ4v) is 2.25. The van der Waals surface area contributed by atoms with Gasteiger partial charge < -0.3 is 10.0 Å². The number of hydrogen-bond donors (Lipinski definition) is 1. The highest BCUT2D eigenvalue weighted by Crippen LogP contribution is 2.11. The lowest BCUT2D eigenvalue weighted by atomic mass is 10.1. The second-order valence-electron chi connectivity index (χ2n) is 4.67. The van der Waals surface area contributed by atoms with Gasteiger partial charge in [0.2, 0.25) is 0 Å². The summed E-state index contributed by atoms with van der Waals surface area (Å²) in [6, 6.07) is 0.605. The smallest absolute Gasteiger partial charge is 0.251 e. The molecule has 0 saturated carbocycles. The van der Waals surface area contributed by atoms with Crippen LogP contribution in [0.15, 0.2) is 0 Å². The first kappa shape index (κ1) is 13.5. The Morgan fingerprint density at radius 1 is 1.25 bits per heavy atom. The van der Waals surface area contributed by atoms with E-state index in [1.165, 1.54) is 19.8 Å². The SMILES string of the molecule is CCC[C@H](C)N1CCN(C(=O)[C@@H](C)O)CC1. The average Bonchev–Trinajstić information content (AvgIpc) is 2.28. The van der Waals surface area contributed by atoms with Gasteiger partial charge in [-0.05, 0) is 20.3 Å². The zero-order valence-electron chi connectivity index (χ0n) is 10.6. The Labute approximate surface area is 98.2 Å². The molecule has 1 N–H and O–H groups in total. The third-order valence-electron chi connectivity index (χ3n) is 3.31. The average molecular weight is 228 g/mol. The summed E-state index contributed by atoms with van der Waals surface area (Å²) < 4.78 is 0. The molecule has 1 saturated heterocycles. The second kappa shape index (κ2) is 6.21. The Bertz CT molecular complexity index is 223. The maximum Gasteiger partial charge on any atom is 0.251 e. The van der Waals surface area contributed by atoms with E-state index in [0.717, 1.165) is 26.2 Å². The predicted octanol–water partition coefficient (Wildman–Crippen LogP) is 0.700. The Kier molecular flexibility index (Phi) is 5.22. The molecule has 0 aromatic rings. The van der Waals surface area contributed by atoms with Crippen LogP contribution >= 0.6 is 0 Å². The van der Waals surface area contributed by atoms with Gasteiger partial charge in [0.05, 0.1) is 0 Å². The largest absolute Gasteiger partial charge is 0.384 e. The van der Waals surface area contributed by atoms with Gasteiger partial charge in [-0.25, -0.2) is 0 Å². The molecule has 1 amide bonds. The number of aliphatic hydroxyl groups excluding tert-OH is 1. The quantitative estimate of drug-likeness (QED) is 0.770. The maximum absolute atomic E-state index is 11.6. The first-order chi connectivity index (χ1) is 7.56. The van der Waals surface area contributed by atoms with Gasteiger partial charge in [0.15, 0.2) is 0 Å². The molecule has 1 heterocycles. The Hall–Kier alpha value is -0.610. The summed E-state index contributed by atoms with van der Waals surface area (Å²) in [4.78, 5) is 15.7. The van der Waals surface area contributed by atoms with Gasteiger partial charge in [0.1, 0.15) is 6.10 Å². The van der Waals surface area contributed by atoms with E-state index < -0.39 is 6.10 Å². The topological polar surface area (TPSA) is 43.8 Å². The van der Waals surface area contributed by atoms with Crippen molar-refractivity contribution in [3.05, 3.63) is 0 Å². The Balaban J connectivity index is 2.36. The van der Waals surface area contributed by atoms with Crippen LogP contribution in [0.2, 0.25) is 0 Å². The van der Waals surface area contributed by atoms with Crippen LogP contribution in [-0.4, -0.2) is 59.1 Å². The lowest BCUT2D eigenvalue weighted by Crippen LogP contribution is -2.53. The number of aliphatic hydroxyl groups is 1. The molecule has 16 heavy (non-hydrogen) atoms. The van der Waals surface area contributed by atoms with Crippen LogP contribution in [-0.2, 0) is 4.79 Å². The molecular weight excluding hydrogens is 204 g/mol. The van der Waals surface area contributed by atoms with Crippen LogP contribution in [0.3, 0.4) is 0 Å². The lowest BCUT2D eigenvalue weighted by molar-refractivity contribution is -0.141. The number of carbonyl (C=O) groups is 1. The maximum atomic E-state index is 11.6. The summed E-state index contributed by atoms with van der Waals surface area (Å²) in [6.07, 6.45) is 1.55. The minimum Gasteiger partial charge on any atom is -0.384 e. The molecule has 1 fully saturated rings. The van der Waals surface area contributed by atoms with Crippen molar-refractivity contribution >= 4 is 5.91 Å². The van der Waals surface area contributed by atoms with Gasteiger partial charge in [-0.2, -0.15) is 0 Å². The zero-order valence-corrected chi connectivity index (χ0v) is 10.6. The number of rotatable bonds is 4. The lowest BCUT2D eigenvalue weighted by Gasteiger charge is -2.38.